The molecule has 0 aliphatic carbocycles. The predicted molar refractivity (Wildman–Crippen MR) is 115 cm³/mol. The number of aromatic carboxylic acids is 1. The molecule has 30 heavy (non-hydrogen) atoms. The molecule has 0 unspecified atom stereocenters. The Labute approximate surface area is 173 Å². The van der Waals surface area contributed by atoms with Crippen LogP contribution in [0.4, 0.5) is 5.69 Å². The molecule has 3 aromatic rings. The summed E-state index contributed by atoms with van der Waals surface area (Å²) in [6.07, 6.45) is 4.63. The lowest BCUT2D eigenvalue weighted by molar-refractivity contribution is -0.129. The molecule has 3 rings (SSSR count). The van der Waals surface area contributed by atoms with E-state index in [4.69, 9.17) is 14.6 Å². The van der Waals surface area contributed by atoms with Crippen LogP contribution in [0.2, 0.25) is 0 Å². The van der Waals surface area contributed by atoms with Gasteiger partial charge in [0.15, 0.2) is 11.5 Å². The Bertz CT molecular complexity index is 1090. The first kappa shape index (κ1) is 20.5. The Morgan fingerprint density at radius 1 is 0.900 bits per heavy atom. The highest BCUT2D eigenvalue weighted by atomic mass is 16.6. The lowest BCUT2D eigenvalue weighted by Crippen LogP contribution is -2.05. The number of aliphatic imine (C=N–C) groups is 1. The summed E-state index contributed by atoms with van der Waals surface area (Å²) in [4.78, 5) is 27.3. The van der Waals surface area contributed by atoms with Crippen LogP contribution < -0.4 is 9.47 Å². The van der Waals surface area contributed by atoms with Crippen LogP contribution >= 0.6 is 0 Å². The molecule has 6 nitrogen and oxygen atoms in total. The van der Waals surface area contributed by atoms with Crippen molar-refractivity contribution in [2.45, 2.75) is 0 Å². The molecular formula is C24H19NO5. The molecule has 6 heteroatoms. The molecule has 150 valence electrons. The molecule has 0 radical (unpaired) electrons. The first-order chi connectivity index (χ1) is 14.5. The number of nitrogens with zero attached hydrogens (tertiary/aromatic N) is 1. The fraction of sp³-hybridized carbons (Fsp3) is 0.0417. The molecule has 0 fully saturated rings. The van der Waals surface area contributed by atoms with Crippen LogP contribution in [-0.2, 0) is 4.79 Å². The summed E-state index contributed by atoms with van der Waals surface area (Å²) in [6, 6.07) is 20.7. The number of esters is 1. The highest BCUT2D eigenvalue weighted by Gasteiger charge is 2.09. The van der Waals surface area contributed by atoms with Crippen molar-refractivity contribution in [2.75, 3.05) is 7.11 Å². The number of benzene rings is 3. The quantitative estimate of drug-likeness (QED) is 0.267. The van der Waals surface area contributed by atoms with Crippen LogP contribution in [0, 0.1) is 0 Å². The Morgan fingerprint density at radius 3 is 2.30 bits per heavy atom. The van der Waals surface area contributed by atoms with Gasteiger partial charge < -0.3 is 14.6 Å². The number of carbonyl (C=O) groups excluding carboxylic acids is 1. The Kier molecular flexibility index (Phi) is 6.74. The number of methoxy groups -OCH3 is 1. The van der Waals surface area contributed by atoms with Crippen LogP contribution in [0.25, 0.3) is 6.08 Å². The summed E-state index contributed by atoms with van der Waals surface area (Å²) in [6.45, 7) is 0. The third-order valence-corrected chi connectivity index (χ3v) is 4.09. The van der Waals surface area contributed by atoms with Gasteiger partial charge in [0.2, 0.25) is 0 Å². The van der Waals surface area contributed by atoms with Gasteiger partial charge in [0.1, 0.15) is 0 Å². The zero-order chi connectivity index (χ0) is 21.3. The van der Waals surface area contributed by atoms with Crippen molar-refractivity contribution < 1.29 is 24.2 Å². The molecule has 1 N–H and O–H groups in total. The van der Waals surface area contributed by atoms with E-state index in [1.165, 1.54) is 25.3 Å². The topological polar surface area (TPSA) is 85.2 Å². The second-order valence-corrected chi connectivity index (χ2v) is 6.19. The van der Waals surface area contributed by atoms with Gasteiger partial charge in [0, 0.05) is 12.3 Å². The number of hydrogen-bond acceptors (Lipinski definition) is 5. The second-order valence-electron chi connectivity index (χ2n) is 6.19. The highest BCUT2D eigenvalue weighted by molar-refractivity contribution is 5.90. The average Bonchev–Trinajstić information content (AvgIpc) is 2.78. The Hall–Kier alpha value is -4.19. The van der Waals surface area contributed by atoms with Gasteiger partial charge in [-0.1, -0.05) is 30.3 Å². The van der Waals surface area contributed by atoms with Gasteiger partial charge in [0.25, 0.3) is 0 Å². The van der Waals surface area contributed by atoms with Crippen molar-refractivity contribution in [3.8, 4) is 11.5 Å². The summed E-state index contributed by atoms with van der Waals surface area (Å²) >= 11 is 0. The molecule has 0 saturated carbocycles. The van der Waals surface area contributed by atoms with E-state index in [-0.39, 0.29) is 5.56 Å². The fourth-order valence-corrected chi connectivity index (χ4v) is 2.56. The van der Waals surface area contributed by atoms with Gasteiger partial charge in [-0.15, -0.1) is 0 Å². The zero-order valence-corrected chi connectivity index (χ0v) is 16.2. The lowest BCUT2D eigenvalue weighted by atomic mass is 10.2. The SMILES string of the molecule is COc1cc(C=Nc2ccc(C(=O)O)cc2)ccc1OC(=O)C=Cc1ccccc1. The largest absolute Gasteiger partial charge is 0.493 e. The minimum Gasteiger partial charge on any atom is -0.493 e. The molecule has 0 saturated heterocycles. The van der Waals surface area contributed by atoms with Crippen molar-refractivity contribution in [2.24, 2.45) is 4.99 Å². The number of ether oxygens (including phenoxy) is 2. The van der Waals surface area contributed by atoms with Gasteiger partial charge in [-0.25, -0.2) is 9.59 Å². The molecule has 3 aromatic carbocycles. The third-order valence-electron chi connectivity index (χ3n) is 4.09. The van der Waals surface area contributed by atoms with E-state index < -0.39 is 11.9 Å². The number of rotatable bonds is 7. The molecule has 0 heterocycles. The number of hydrogen-bond donors (Lipinski definition) is 1. The molecule has 0 aliphatic rings. The first-order valence-electron chi connectivity index (χ1n) is 9.05. The fourth-order valence-electron chi connectivity index (χ4n) is 2.56. The van der Waals surface area contributed by atoms with Crippen molar-refractivity contribution in [1.82, 2.24) is 0 Å². The van der Waals surface area contributed by atoms with E-state index in [9.17, 15) is 9.59 Å². The minimum atomic E-state index is -0.987. The van der Waals surface area contributed by atoms with Crippen LogP contribution in [0.3, 0.4) is 0 Å². The standard InChI is InChI=1S/C24H19NO5/c1-29-22-15-18(16-25-20-11-9-19(10-12-20)24(27)28)7-13-21(22)30-23(26)14-8-17-5-3-2-4-6-17/h2-16H,1H3,(H,27,28). The van der Waals surface area contributed by atoms with Gasteiger partial charge >= 0.3 is 11.9 Å². The summed E-state index contributed by atoms with van der Waals surface area (Å²) in [7, 11) is 1.48. The monoisotopic (exact) mass is 401 g/mol. The van der Waals surface area contributed by atoms with E-state index in [1.807, 2.05) is 30.3 Å². The van der Waals surface area contributed by atoms with E-state index in [0.29, 0.717) is 17.2 Å². The molecule has 0 atom stereocenters. The number of carboxylic acids is 1. The van der Waals surface area contributed by atoms with Crippen molar-refractivity contribution in [3.63, 3.8) is 0 Å². The van der Waals surface area contributed by atoms with E-state index in [2.05, 4.69) is 4.99 Å². The Morgan fingerprint density at radius 2 is 1.63 bits per heavy atom. The van der Waals surface area contributed by atoms with Crippen molar-refractivity contribution in [3.05, 3.63) is 95.6 Å². The van der Waals surface area contributed by atoms with Gasteiger partial charge in [0.05, 0.1) is 18.4 Å². The molecule has 0 spiro atoms. The predicted octanol–water partition coefficient (Wildman–Crippen LogP) is 4.76. The maximum atomic E-state index is 12.1. The Balaban J connectivity index is 1.69. The lowest BCUT2D eigenvalue weighted by Gasteiger charge is -2.08. The molecule has 0 aromatic heterocycles. The van der Waals surface area contributed by atoms with Crippen LogP contribution in [0.15, 0.2) is 83.9 Å². The van der Waals surface area contributed by atoms with E-state index in [1.54, 1.807) is 42.6 Å². The van der Waals surface area contributed by atoms with Crippen LogP contribution in [0.5, 0.6) is 11.5 Å². The zero-order valence-electron chi connectivity index (χ0n) is 16.2. The summed E-state index contributed by atoms with van der Waals surface area (Å²) < 4.78 is 10.7. The van der Waals surface area contributed by atoms with Crippen LogP contribution in [-0.4, -0.2) is 30.4 Å². The van der Waals surface area contributed by atoms with Crippen molar-refractivity contribution >= 4 is 29.9 Å². The van der Waals surface area contributed by atoms with E-state index >= 15 is 0 Å². The highest BCUT2D eigenvalue weighted by Crippen LogP contribution is 2.28. The van der Waals surface area contributed by atoms with Crippen LogP contribution in [0.1, 0.15) is 21.5 Å². The summed E-state index contributed by atoms with van der Waals surface area (Å²) in [5.41, 5.74) is 2.43. The van der Waals surface area contributed by atoms with Crippen molar-refractivity contribution in [1.29, 1.82) is 0 Å². The van der Waals surface area contributed by atoms with E-state index in [0.717, 1.165) is 11.1 Å². The van der Waals surface area contributed by atoms with Gasteiger partial charge in [-0.3, -0.25) is 4.99 Å². The smallest absolute Gasteiger partial charge is 0.336 e. The number of carboxylic acid groups (broad SMARTS) is 1. The van der Waals surface area contributed by atoms with Gasteiger partial charge in [-0.05, 0) is 59.7 Å². The minimum absolute atomic E-state index is 0.197. The molecular weight excluding hydrogens is 382 g/mol. The summed E-state index contributed by atoms with van der Waals surface area (Å²) in [5, 5.41) is 8.93. The molecule has 0 amide bonds. The maximum Gasteiger partial charge on any atom is 0.336 e. The molecule has 0 bridgehead atoms. The summed E-state index contributed by atoms with van der Waals surface area (Å²) in [5.74, 6) is -0.819. The number of carbonyl (C=O) groups is 2. The first-order valence-corrected chi connectivity index (χ1v) is 9.05. The molecule has 0 aliphatic heterocycles. The average molecular weight is 401 g/mol. The second kappa shape index (κ2) is 9.84. The maximum absolute atomic E-state index is 12.1. The van der Waals surface area contributed by atoms with Gasteiger partial charge in [-0.2, -0.15) is 0 Å². The third kappa shape index (κ3) is 5.65. The normalized spacial score (nSPS) is 11.0.